The van der Waals surface area contributed by atoms with Crippen LogP contribution in [0.3, 0.4) is 0 Å². The average Bonchev–Trinajstić information content (AvgIpc) is 3.32. The number of hydrogen-bond donors (Lipinski definition) is 0. The number of esters is 1. The van der Waals surface area contributed by atoms with Gasteiger partial charge in [0.2, 0.25) is 0 Å². The van der Waals surface area contributed by atoms with Crippen LogP contribution in [0.4, 0.5) is 13.2 Å². The minimum absolute atomic E-state index is 0. The maximum Gasteiger partial charge on any atom is 0.344 e. The highest BCUT2D eigenvalue weighted by Gasteiger charge is 2.19. The quantitative estimate of drug-likeness (QED) is 0.192. The lowest BCUT2D eigenvalue weighted by molar-refractivity contribution is -0.157. The summed E-state index contributed by atoms with van der Waals surface area (Å²) >= 11 is 0. The predicted molar refractivity (Wildman–Crippen MR) is 151 cm³/mol. The molecule has 0 bridgehead atoms. The standard InChI is InChI=1S/C31H26F3N3O3.CH4/c1-31(2,3)40-28(38)18-39-27-15-21(32)11-12-22(27)20-9-7-19(8-10-20)16-37-14-13-25-26(17-37)36-30(35-25)23-5-4-6-24(33)29(23)34;/h4-15,17H,16,18H2,1-3H3;1H4. The molecule has 41 heavy (non-hydrogen) atoms. The summed E-state index contributed by atoms with van der Waals surface area (Å²) in [6.07, 6.45) is 3.62. The van der Waals surface area contributed by atoms with Crippen molar-refractivity contribution < 1.29 is 27.4 Å². The average molecular weight is 562 g/mol. The van der Waals surface area contributed by atoms with Crippen LogP contribution in [-0.2, 0) is 16.1 Å². The molecule has 6 nitrogen and oxygen atoms in total. The van der Waals surface area contributed by atoms with E-state index >= 15 is 0 Å². The zero-order chi connectivity index (χ0) is 28.4. The lowest BCUT2D eigenvalue weighted by Gasteiger charge is -2.20. The van der Waals surface area contributed by atoms with Crippen LogP contribution in [0, 0.1) is 17.5 Å². The van der Waals surface area contributed by atoms with Crippen molar-refractivity contribution in [2.24, 2.45) is 0 Å². The second kappa shape index (κ2) is 11.8. The van der Waals surface area contributed by atoms with E-state index in [1.54, 1.807) is 39.1 Å². The number of imidazole rings is 1. The number of rotatable bonds is 7. The zero-order valence-electron chi connectivity index (χ0n) is 22.1. The molecule has 0 saturated heterocycles. The summed E-state index contributed by atoms with van der Waals surface area (Å²) in [4.78, 5) is 20.8. The molecule has 3 aromatic carbocycles. The van der Waals surface area contributed by atoms with Gasteiger partial charge in [-0.3, -0.25) is 0 Å². The van der Waals surface area contributed by atoms with E-state index in [4.69, 9.17) is 9.47 Å². The van der Waals surface area contributed by atoms with E-state index in [9.17, 15) is 18.0 Å². The highest BCUT2D eigenvalue weighted by molar-refractivity contribution is 5.74. The van der Waals surface area contributed by atoms with Crippen LogP contribution in [0.15, 0.2) is 79.1 Å². The van der Waals surface area contributed by atoms with Gasteiger partial charge in [-0.05, 0) is 62.2 Å². The van der Waals surface area contributed by atoms with Crippen molar-refractivity contribution in [1.82, 2.24) is 14.5 Å². The van der Waals surface area contributed by atoms with E-state index in [1.165, 1.54) is 24.3 Å². The number of pyridine rings is 1. The van der Waals surface area contributed by atoms with Crippen molar-refractivity contribution in [2.45, 2.75) is 40.3 Å². The van der Waals surface area contributed by atoms with Crippen LogP contribution < -0.4 is 4.74 Å². The van der Waals surface area contributed by atoms with Crippen molar-refractivity contribution in [1.29, 1.82) is 0 Å². The van der Waals surface area contributed by atoms with Gasteiger partial charge in [0.25, 0.3) is 0 Å². The monoisotopic (exact) mass is 561 g/mol. The zero-order valence-corrected chi connectivity index (χ0v) is 22.1. The fraction of sp³-hybridized carbons (Fsp3) is 0.219. The topological polar surface area (TPSA) is 66.2 Å². The van der Waals surface area contributed by atoms with Crippen LogP contribution in [0.5, 0.6) is 5.75 Å². The van der Waals surface area contributed by atoms with E-state index in [2.05, 4.69) is 9.97 Å². The number of aromatic nitrogens is 3. The Morgan fingerprint density at radius 2 is 1.63 bits per heavy atom. The van der Waals surface area contributed by atoms with Gasteiger partial charge in [-0.2, -0.15) is 0 Å². The third-order valence-electron chi connectivity index (χ3n) is 5.96. The molecule has 0 aromatic heterocycles. The molecule has 2 heterocycles. The molecule has 0 aliphatic carbocycles. The molecule has 0 fully saturated rings. The van der Waals surface area contributed by atoms with Gasteiger partial charge in [0.1, 0.15) is 22.9 Å². The number of benzene rings is 3. The molecule has 9 heteroatoms. The van der Waals surface area contributed by atoms with Gasteiger partial charge in [-0.25, -0.2) is 27.9 Å². The molecule has 0 radical (unpaired) electrons. The molecular formula is C32H30F3N3O3. The molecule has 212 valence electrons. The molecule has 0 saturated carbocycles. The minimum atomic E-state index is -0.981. The Morgan fingerprint density at radius 3 is 2.37 bits per heavy atom. The third kappa shape index (κ3) is 6.92. The summed E-state index contributed by atoms with van der Waals surface area (Å²) in [7, 11) is 0. The molecule has 2 aliphatic rings. The van der Waals surface area contributed by atoms with Gasteiger partial charge >= 0.3 is 5.97 Å². The van der Waals surface area contributed by atoms with Crippen molar-refractivity contribution in [3.05, 3.63) is 102 Å². The number of fused-ring (bicyclic) bond motifs is 1. The molecule has 0 amide bonds. The van der Waals surface area contributed by atoms with Crippen molar-refractivity contribution in [3.63, 3.8) is 0 Å². The second-order valence-corrected chi connectivity index (χ2v) is 10.2. The SMILES string of the molecule is C.CC(C)(C)OC(=O)COc1cc(F)ccc1-c1ccc(Cn2ccc3nc(-c4cccc(F)c4F)nc-3c2)cc1. The largest absolute Gasteiger partial charge is 0.481 e. The van der Waals surface area contributed by atoms with Crippen molar-refractivity contribution in [2.75, 3.05) is 6.61 Å². The first-order chi connectivity index (χ1) is 19.1. The van der Waals surface area contributed by atoms with Gasteiger partial charge in [0, 0.05) is 30.6 Å². The first-order valence-corrected chi connectivity index (χ1v) is 12.6. The normalized spacial score (nSPS) is 11.3. The fourth-order valence-electron chi connectivity index (χ4n) is 4.21. The van der Waals surface area contributed by atoms with Gasteiger partial charge in [-0.15, -0.1) is 0 Å². The Labute approximate surface area is 236 Å². The molecule has 3 aromatic rings. The van der Waals surface area contributed by atoms with E-state index in [0.717, 1.165) is 17.2 Å². The van der Waals surface area contributed by atoms with Crippen LogP contribution in [0.1, 0.15) is 33.8 Å². The Kier molecular flexibility index (Phi) is 8.47. The molecule has 5 rings (SSSR count). The number of nitrogens with zero attached hydrogens (tertiary/aromatic N) is 3. The third-order valence-corrected chi connectivity index (χ3v) is 5.96. The summed E-state index contributed by atoms with van der Waals surface area (Å²) in [6.45, 7) is 5.44. The Balaban J connectivity index is 0.00000387. The molecule has 0 N–H and O–H groups in total. The van der Waals surface area contributed by atoms with Gasteiger partial charge < -0.3 is 14.0 Å². The van der Waals surface area contributed by atoms with Crippen molar-refractivity contribution in [3.8, 4) is 39.7 Å². The lowest BCUT2D eigenvalue weighted by atomic mass is 10.0. The molecular weight excluding hydrogens is 531 g/mol. The molecule has 0 spiro atoms. The summed E-state index contributed by atoms with van der Waals surface area (Å²) < 4.78 is 54.6. The first kappa shape index (κ1) is 29.3. The Hall–Kier alpha value is -4.66. The maximum absolute atomic E-state index is 14.2. The van der Waals surface area contributed by atoms with Crippen LogP contribution in [-0.4, -0.2) is 32.7 Å². The highest BCUT2D eigenvalue weighted by atomic mass is 19.2. The first-order valence-electron chi connectivity index (χ1n) is 12.6. The number of carbonyl (C=O) groups excluding carboxylic acids is 1. The van der Waals surface area contributed by atoms with Gasteiger partial charge in [0.05, 0.1) is 11.3 Å². The lowest BCUT2D eigenvalue weighted by Crippen LogP contribution is -2.27. The van der Waals surface area contributed by atoms with E-state index in [0.29, 0.717) is 23.5 Å². The predicted octanol–water partition coefficient (Wildman–Crippen LogP) is 7.54. The van der Waals surface area contributed by atoms with Gasteiger partial charge in [0.15, 0.2) is 24.1 Å². The van der Waals surface area contributed by atoms with Gasteiger partial charge in [-0.1, -0.05) is 37.8 Å². The summed E-state index contributed by atoms with van der Waals surface area (Å²) in [5, 5.41) is 0. The Bertz CT molecular complexity index is 1640. The minimum Gasteiger partial charge on any atom is -0.481 e. The van der Waals surface area contributed by atoms with E-state index in [-0.39, 0.29) is 31.2 Å². The Morgan fingerprint density at radius 1 is 0.902 bits per heavy atom. The maximum atomic E-state index is 14.2. The molecule has 2 aliphatic heterocycles. The van der Waals surface area contributed by atoms with Crippen molar-refractivity contribution >= 4 is 5.97 Å². The summed E-state index contributed by atoms with van der Waals surface area (Å²) in [6, 6.07) is 17.5. The number of halogens is 3. The molecule has 0 atom stereocenters. The van der Waals surface area contributed by atoms with Crippen LogP contribution in [0.25, 0.3) is 33.9 Å². The summed E-state index contributed by atoms with van der Waals surface area (Å²) in [5.41, 5.74) is 2.87. The van der Waals surface area contributed by atoms with E-state index < -0.39 is 29.0 Å². The molecule has 0 unspecified atom stereocenters. The second-order valence-electron chi connectivity index (χ2n) is 10.2. The smallest absolute Gasteiger partial charge is 0.344 e. The fourth-order valence-corrected chi connectivity index (χ4v) is 4.21. The van der Waals surface area contributed by atoms with Crippen LogP contribution >= 0.6 is 0 Å². The number of ether oxygens (including phenoxy) is 2. The number of hydrogen-bond acceptors (Lipinski definition) is 5. The van der Waals surface area contributed by atoms with E-state index in [1.807, 2.05) is 35.0 Å². The highest BCUT2D eigenvalue weighted by Crippen LogP contribution is 2.32. The number of carbonyl (C=O) groups is 1. The van der Waals surface area contributed by atoms with Crippen LogP contribution in [0.2, 0.25) is 0 Å². The summed E-state index contributed by atoms with van der Waals surface area (Å²) in [5.74, 6) is -2.60.